The summed E-state index contributed by atoms with van der Waals surface area (Å²) in [5.41, 5.74) is 3.76. The minimum atomic E-state index is -0.468. The molecule has 1 aliphatic rings. The number of rotatable bonds is 6. The number of carbonyl (C=O) groups is 1. The molecule has 28 heavy (non-hydrogen) atoms. The second kappa shape index (κ2) is 8.04. The zero-order valence-electron chi connectivity index (χ0n) is 16.1. The lowest BCUT2D eigenvalue weighted by molar-refractivity contribution is -0.384. The summed E-state index contributed by atoms with van der Waals surface area (Å²) in [7, 11) is 3.95. The Kier molecular flexibility index (Phi) is 5.54. The van der Waals surface area contributed by atoms with Crippen molar-refractivity contribution in [3.63, 3.8) is 0 Å². The van der Waals surface area contributed by atoms with Gasteiger partial charge in [0.05, 0.1) is 21.9 Å². The van der Waals surface area contributed by atoms with Crippen molar-refractivity contribution in [2.24, 2.45) is 5.10 Å². The van der Waals surface area contributed by atoms with Crippen LogP contribution in [0.2, 0.25) is 0 Å². The van der Waals surface area contributed by atoms with Crippen LogP contribution in [0.15, 0.2) is 59.2 Å². The van der Waals surface area contributed by atoms with Gasteiger partial charge in [-0.15, -0.1) is 0 Å². The van der Waals surface area contributed by atoms with Crippen LogP contribution in [0.1, 0.15) is 25.3 Å². The number of carbonyl (C=O) groups excluding carboxylic acids is 1. The van der Waals surface area contributed by atoms with Crippen molar-refractivity contribution in [3.8, 4) is 0 Å². The zero-order valence-corrected chi connectivity index (χ0v) is 16.1. The number of hydrogen-bond acceptors (Lipinski definition) is 5. The molecule has 2 aromatic rings. The van der Waals surface area contributed by atoms with Crippen LogP contribution in [0, 0.1) is 10.1 Å². The predicted molar refractivity (Wildman–Crippen MR) is 112 cm³/mol. The average molecular weight is 378 g/mol. The molecule has 0 aliphatic carbocycles. The maximum atomic E-state index is 13.0. The molecule has 1 aliphatic heterocycles. The highest BCUT2D eigenvalue weighted by atomic mass is 16.6. The molecule has 0 saturated carbocycles. The fourth-order valence-corrected chi connectivity index (χ4v) is 2.95. The first-order chi connectivity index (χ1) is 13.4. The minimum Gasteiger partial charge on any atom is -0.378 e. The summed E-state index contributed by atoms with van der Waals surface area (Å²) in [6.07, 6.45) is 3.38. The molecular weight excluding hydrogens is 356 g/mol. The van der Waals surface area contributed by atoms with E-state index in [0.717, 1.165) is 23.4 Å². The molecule has 0 aromatic heterocycles. The molecule has 0 atom stereocenters. The molecule has 0 spiro atoms. The molecule has 1 amide bonds. The van der Waals surface area contributed by atoms with Crippen LogP contribution < -0.4 is 9.91 Å². The van der Waals surface area contributed by atoms with Crippen molar-refractivity contribution < 1.29 is 9.72 Å². The van der Waals surface area contributed by atoms with E-state index in [1.165, 1.54) is 29.3 Å². The van der Waals surface area contributed by atoms with E-state index in [2.05, 4.69) is 5.10 Å². The highest BCUT2D eigenvalue weighted by Crippen LogP contribution is 2.28. The quantitative estimate of drug-likeness (QED) is 0.428. The van der Waals surface area contributed by atoms with Gasteiger partial charge in [-0.2, -0.15) is 10.1 Å². The molecule has 0 N–H and O–H groups in total. The van der Waals surface area contributed by atoms with Crippen molar-refractivity contribution in [2.45, 2.75) is 19.8 Å². The van der Waals surface area contributed by atoms with Gasteiger partial charge in [-0.3, -0.25) is 14.9 Å². The molecule has 0 radical (unpaired) electrons. The van der Waals surface area contributed by atoms with E-state index in [-0.39, 0.29) is 11.6 Å². The Morgan fingerprint density at radius 3 is 2.29 bits per heavy atom. The third kappa shape index (κ3) is 3.93. The lowest BCUT2D eigenvalue weighted by atomic mass is 10.0. The molecule has 0 unspecified atom stereocenters. The van der Waals surface area contributed by atoms with Crippen LogP contribution in [-0.2, 0) is 4.79 Å². The van der Waals surface area contributed by atoms with E-state index in [1.807, 2.05) is 56.3 Å². The third-order valence-corrected chi connectivity index (χ3v) is 4.47. The normalized spacial score (nSPS) is 15.1. The van der Waals surface area contributed by atoms with E-state index in [0.29, 0.717) is 17.7 Å². The minimum absolute atomic E-state index is 0.0232. The van der Waals surface area contributed by atoms with Gasteiger partial charge in [0.15, 0.2) is 0 Å². The summed E-state index contributed by atoms with van der Waals surface area (Å²) in [4.78, 5) is 25.4. The lowest BCUT2D eigenvalue weighted by Gasteiger charge is -2.12. The Labute approximate surface area is 163 Å². The Balaban J connectivity index is 1.92. The standard InChI is InChI=1S/C21H22N4O3/c1-4-5-20-19(14-15-6-8-16(9-7-15)23(2)3)21(26)24(22-20)17-10-12-18(13-11-17)25(27)28/h6-14H,4-5H2,1-3H3/b19-14-. The molecule has 2 aromatic carbocycles. The van der Waals surface area contributed by atoms with Crippen molar-refractivity contribution in [3.05, 3.63) is 69.8 Å². The monoisotopic (exact) mass is 378 g/mol. The van der Waals surface area contributed by atoms with Crippen molar-refractivity contribution in [1.29, 1.82) is 0 Å². The number of anilines is 2. The fourth-order valence-electron chi connectivity index (χ4n) is 2.95. The summed E-state index contributed by atoms with van der Waals surface area (Å²) in [6.45, 7) is 2.03. The van der Waals surface area contributed by atoms with Gasteiger partial charge in [-0.25, -0.2) is 0 Å². The van der Waals surface area contributed by atoms with Crippen LogP contribution in [0.3, 0.4) is 0 Å². The first-order valence-electron chi connectivity index (χ1n) is 9.06. The first kappa shape index (κ1) is 19.3. The maximum absolute atomic E-state index is 13.0. The van der Waals surface area contributed by atoms with E-state index in [1.54, 1.807) is 0 Å². The Morgan fingerprint density at radius 1 is 1.11 bits per heavy atom. The van der Waals surface area contributed by atoms with Crippen LogP contribution in [0.4, 0.5) is 17.1 Å². The van der Waals surface area contributed by atoms with Gasteiger partial charge < -0.3 is 4.90 Å². The van der Waals surface area contributed by atoms with Gasteiger partial charge in [0.2, 0.25) is 0 Å². The van der Waals surface area contributed by atoms with E-state index in [4.69, 9.17) is 0 Å². The van der Waals surface area contributed by atoms with Gasteiger partial charge >= 0.3 is 0 Å². The van der Waals surface area contributed by atoms with Gasteiger partial charge in [0, 0.05) is 31.9 Å². The van der Waals surface area contributed by atoms with Crippen LogP contribution in [0.25, 0.3) is 6.08 Å². The number of nitro benzene ring substituents is 1. The number of hydrazone groups is 1. The van der Waals surface area contributed by atoms with Crippen molar-refractivity contribution >= 4 is 34.8 Å². The summed E-state index contributed by atoms with van der Waals surface area (Å²) in [6, 6.07) is 13.8. The molecule has 0 fully saturated rings. The maximum Gasteiger partial charge on any atom is 0.280 e. The van der Waals surface area contributed by atoms with Crippen LogP contribution >= 0.6 is 0 Å². The summed E-state index contributed by atoms with van der Waals surface area (Å²) < 4.78 is 0. The summed E-state index contributed by atoms with van der Waals surface area (Å²) >= 11 is 0. The molecule has 0 saturated heterocycles. The molecule has 0 bridgehead atoms. The molecule has 7 nitrogen and oxygen atoms in total. The van der Waals surface area contributed by atoms with Gasteiger partial charge in [0.1, 0.15) is 0 Å². The topological polar surface area (TPSA) is 79.0 Å². The van der Waals surface area contributed by atoms with E-state index >= 15 is 0 Å². The number of non-ortho nitro benzene ring substituents is 1. The SMILES string of the molecule is CCCC1=NN(c2ccc([N+](=O)[O-])cc2)C(=O)/C1=C\c1ccc(N(C)C)cc1. The third-order valence-electron chi connectivity index (χ3n) is 4.47. The summed E-state index contributed by atoms with van der Waals surface area (Å²) in [5.74, 6) is -0.228. The lowest BCUT2D eigenvalue weighted by Crippen LogP contribution is -2.21. The van der Waals surface area contributed by atoms with Crippen molar-refractivity contribution in [2.75, 3.05) is 24.0 Å². The van der Waals surface area contributed by atoms with Gasteiger partial charge in [0.25, 0.3) is 11.6 Å². The van der Waals surface area contributed by atoms with Crippen LogP contribution in [-0.4, -0.2) is 30.6 Å². The average Bonchev–Trinajstić information content (AvgIpc) is 2.98. The highest BCUT2D eigenvalue weighted by Gasteiger charge is 2.30. The first-order valence-corrected chi connectivity index (χ1v) is 9.06. The van der Waals surface area contributed by atoms with Crippen LogP contribution in [0.5, 0.6) is 0 Å². The Bertz CT molecular complexity index is 945. The number of benzene rings is 2. The molecular formula is C21H22N4O3. The zero-order chi connectivity index (χ0) is 20.3. The second-order valence-electron chi connectivity index (χ2n) is 6.73. The second-order valence-corrected chi connectivity index (χ2v) is 6.73. The smallest absolute Gasteiger partial charge is 0.280 e. The van der Waals surface area contributed by atoms with E-state index < -0.39 is 4.92 Å². The number of amides is 1. The van der Waals surface area contributed by atoms with Crippen molar-refractivity contribution in [1.82, 2.24) is 0 Å². The number of nitro groups is 1. The highest BCUT2D eigenvalue weighted by molar-refractivity contribution is 6.32. The fraction of sp³-hybridized carbons (Fsp3) is 0.238. The molecule has 3 rings (SSSR count). The number of hydrogen-bond donors (Lipinski definition) is 0. The largest absolute Gasteiger partial charge is 0.378 e. The summed E-state index contributed by atoms with van der Waals surface area (Å²) in [5, 5.41) is 16.6. The Hall–Kier alpha value is -3.48. The molecule has 144 valence electrons. The Morgan fingerprint density at radius 2 is 1.75 bits per heavy atom. The van der Waals surface area contributed by atoms with Gasteiger partial charge in [-0.05, 0) is 42.3 Å². The molecule has 1 heterocycles. The van der Waals surface area contributed by atoms with Gasteiger partial charge in [-0.1, -0.05) is 25.5 Å². The predicted octanol–water partition coefficient (Wildman–Crippen LogP) is 4.25. The molecule has 7 heteroatoms. The number of nitrogens with zero attached hydrogens (tertiary/aromatic N) is 4. The van der Waals surface area contributed by atoms with E-state index in [9.17, 15) is 14.9 Å².